The Hall–Kier alpha value is -2.93. The predicted molar refractivity (Wildman–Crippen MR) is 143 cm³/mol. The van der Waals surface area contributed by atoms with Crippen LogP contribution in [-0.4, -0.2) is 27.2 Å². The van der Waals surface area contributed by atoms with E-state index >= 15 is 0 Å². The van der Waals surface area contributed by atoms with Gasteiger partial charge in [-0.3, -0.25) is 9.59 Å². The number of aliphatic carboxylic acids is 1. The second kappa shape index (κ2) is 10.7. The van der Waals surface area contributed by atoms with E-state index in [1.54, 1.807) is 0 Å². The number of carbonyl (C=O) groups is 2. The van der Waals surface area contributed by atoms with Gasteiger partial charge in [0.25, 0.3) is 0 Å². The van der Waals surface area contributed by atoms with Crippen LogP contribution >= 0.6 is 11.6 Å². The monoisotopic (exact) mass is 538 g/mol. The molecule has 0 aliphatic heterocycles. The van der Waals surface area contributed by atoms with E-state index in [0.717, 1.165) is 54.6 Å². The number of hydrogen-bond donors (Lipinski definition) is 1. The number of aryl methyl sites for hydroxylation is 1. The summed E-state index contributed by atoms with van der Waals surface area (Å²) < 4.78 is 11.7. The Morgan fingerprint density at radius 2 is 1.92 bits per heavy atom. The number of hydrogen-bond acceptors (Lipinski definition) is 6. The van der Waals surface area contributed by atoms with E-state index in [4.69, 9.17) is 20.6 Å². The molecular weight excluding hydrogens is 504 g/mol. The first-order chi connectivity index (χ1) is 18.1. The number of aromatic nitrogens is 2. The Morgan fingerprint density at radius 1 is 1.16 bits per heavy atom. The number of benzene rings is 1. The topological polar surface area (TPSA) is 106 Å². The van der Waals surface area contributed by atoms with Crippen molar-refractivity contribution in [1.82, 2.24) is 10.3 Å². The third-order valence-electron chi connectivity index (χ3n) is 7.82. The molecule has 1 atom stereocenters. The normalized spacial score (nSPS) is 17.1. The molecule has 0 saturated heterocycles. The van der Waals surface area contributed by atoms with Gasteiger partial charge < -0.3 is 14.2 Å². The number of carbonyl (C=O) groups excluding carboxylic acids is 1. The Morgan fingerprint density at radius 3 is 2.55 bits per heavy atom. The number of nitrogens with zero attached hydrogens (tertiary/aromatic N) is 2. The van der Waals surface area contributed by atoms with E-state index in [-0.39, 0.29) is 42.3 Å². The van der Waals surface area contributed by atoms with Gasteiger partial charge in [0.1, 0.15) is 11.5 Å². The lowest BCUT2D eigenvalue weighted by Gasteiger charge is -2.15. The van der Waals surface area contributed by atoms with Crippen LogP contribution < -0.4 is 0 Å². The summed E-state index contributed by atoms with van der Waals surface area (Å²) >= 11 is 6.37. The summed E-state index contributed by atoms with van der Waals surface area (Å²) in [5.41, 5.74) is 4.13. The molecule has 0 bridgehead atoms. The zero-order valence-corrected chi connectivity index (χ0v) is 23.0. The summed E-state index contributed by atoms with van der Waals surface area (Å²) in [5.74, 6) is 1.05. The van der Waals surface area contributed by atoms with Gasteiger partial charge in [-0.15, -0.1) is 0 Å². The maximum Gasteiger partial charge on any atom is 0.303 e. The van der Waals surface area contributed by atoms with Crippen LogP contribution in [0, 0.1) is 12.8 Å². The fourth-order valence-corrected chi connectivity index (χ4v) is 5.96. The lowest BCUT2D eigenvalue weighted by Crippen LogP contribution is -2.13. The largest absolute Gasteiger partial charge is 0.481 e. The molecule has 7 nitrogen and oxygen atoms in total. The number of ketones is 1. The maximum atomic E-state index is 13.2. The fourth-order valence-electron chi connectivity index (χ4n) is 5.66. The quantitative estimate of drug-likeness (QED) is 0.241. The van der Waals surface area contributed by atoms with Crippen molar-refractivity contribution >= 4 is 23.4 Å². The molecule has 38 heavy (non-hydrogen) atoms. The standard InChI is InChI=1S/C30H35ClN2O5/c1-17(2)16-30(10-11-30)25-15-24(32-37-25)29-27(19-6-7-19)28(33-38-29)21(8-9-26(35)36)14-22(34)13-20-5-4-18(3)12-23(20)31/h4-5,12,15,17,19,21H,6-11,13-14,16H2,1-3H3,(H,35,36)/t21-/m0/s1. The number of carboxylic acid groups (broad SMARTS) is 1. The first-order valence-corrected chi connectivity index (χ1v) is 14.0. The number of rotatable bonds is 13. The van der Waals surface area contributed by atoms with Gasteiger partial charge in [-0.1, -0.05) is 47.9 Å². The minimum Gasteiger partial charge on any atom is -0.481 e. The molecule has 8 heteroatoms. The Balaban J connectivity index is 1.41. The zero-order valence-electron chi connectivity index (χ0n) is 22.3. The molecule has 2 aliphatic carbocycles. The van der Waals surface area contributed by atoms with Gasteiger partial charge >= 0.3 is 5.97 Å². The van der Waals surface area contributed by atoms with Gasteiger partial charge in [-0.2, -0.15) is 0 Å². The van der Waals surface area contributed by atoms with Crippen molar-refractivity contribution in [2.45, 2.75) is 95.8 Å². The molecule has 1 N–H and O–H groups in total. The minimum atomic E-state index is -0.901. The van der Waals surface area contributed by atoms with Crippen molar-refractivity contribution in [2.24, 2.45) is 5.92 Å². The summed E-state index contributed by atoms with van der Waals surface area (Å²) in [6.07, 6.45) is 5.87. The van der Waals surface area contributed by atoms with Crippen LogP contribution in [0.4, 0.5) is 0 Å². The van der Waals surface area contributed by atoms with Crippen molar-refractivity contribution < 1.29 is 23.7 Å². The molecule has 5 rings (SSSR count). The van der Waals surface area contributed by atoms with E-state index < -0.39 is 5.97 Å². The van der Waals surface area contributed by atoms with Gasteiger partial charge in [-0.25, -0.2) is 0 Å². The molecule has 2 saturated carbocycles. The van der Waals surface area contributed by atoms with Crippen LogP contribution in [-0.2, 0) is 21.4 Å². The first-order valence-electron chi connectivity index (χ1n) is 13.6. The van der Waals surface area contributed by atoms with Gasteiger partial charge in [0.05, 0.1) is 5.69 Å². The molecule has 2 aliphatic rings. The Kier molecular flexibility index (Phi) is 7.49. The van der Waals surface area contributed by atoms with Gasteiger partial charge in [0, 0.05) is 47.2 Å². The molecule has 2 heterocycles. The van der Waals surface area contributed by atoms with Gasteiger partial charge in [0.15, 0.2) is 11.5 Å². The lowest BCUT2D eigenvalue weighted by atomic mass is 9.87. The average molecular weight is 539 g/mol. The highest BCUT2D eigenvalue weighted by Crippen LogP contribution is 2.54. The highest BCUT2D eigenvalue weighted by molar-refractivity contribution is 6.31. The number of halogens is 1. The number of carboxylic acids is 1. The summed E-state index contributed by atoms with van der Waals surface area (Å²) in [4.78, 5) is 24.6. The third kappa shape index (κ3) is 5.88. The van der Waals surface area contributed by atoms with Gasteiger partial charge in [-0.05, 0) is 74.5 Å². The predicted octanol–water partition coefficient (Wildman–Crippen LogP) is 7.40. The summed E-state index contributed by atoms with van der Waals surface area (Å²) in [7, 11) is 0. The van der Waals surface area contributed by atoms with Crippen LogP contribution in [0.5, 0.6) is 0 Å². The lowest BCUT2D eigenvalue weighted by molar-refractivity contribution is -0.137. The van der Waals surface area contributed by atoms with Crippen LogP contribution in [0.1, 0.15) is 105 Å². The van der Waals surface area contributed by atoms with E-state index in [1.807, 2.05) is 31.2 Å². The Labute approximate surface area is 227 Å². The van der Waals surface area contributed by atoms with Crippen LogP contribution in [0.3, 0.4) is 0 Å². The van der Waals surface area contributed by atoms with Crippen molar-refractivity contribution in [3.05, 3.63) is 57.4 Å². The summed E-state index contributed by atoms with van der Waals surface area (Å²) in [5, 5.41) is 18.8. The molecule has 0 amide bonds. The molecule has 0 unspecified atom stereocenters. The van der Waals surface area contributed by atoms with E-state index in [9.17, 15) is 14.7 Å². The van der Waals surface area contributed by atoms with Crippen molar-refractivity contribution in [2.75, 3.05) is 0 Å². The highest BCUT2D eigenvalue weighted by atomic mass is 35.5. The molecule has 0 spiro atoms. The van der Waals surface area contributed by atoms with Crippen molar-refractivity contribution in [3.63, 3.8) is 0 Å². The molecule has 2 fully saturated rings. The molecule has 202 valence electrons. The van der Waals surface area contributed by atoms with Crippen LogP contribution in [0.25, 0.3) is 11.5 Å². The fraction of sp³-hybridized carbons (Fsp3) is 0.533. The van der Waals surface area contributed by atoms with Crippen molar-refractivity contribution in [1.29, 1.82) is 0 Å². The third-order valence-corrected chi connectivity index (χ3v) is 8.17. The average Bonchev–Trinajstić information content (AvgIpc) is 3.74. The Bertz CT molecular complexity index is 1330. The molecule has 2 aromatic heterocycles. The van der Waals surface area contributed by atoms with E-state index in [2.05, 4.69) is 24.2 Å². The summed E-state index contributed by atoms with van der Waals surface area (Å²) in [6.45, 7) is 6.39. The first kappa shape index (κ1) is 26.7. The number of Topliss-reactive ketones (excluding diaryl/α,β-unsaturated/α-hetero) is 1. The van der Waals surface area contributed by atoms with Gasteiger partial charge in [0.2, 0.25) is 0 Å². The molecule has 0 radical (unpaired) electrons. The maximum absolute atomic E-state index is 13.2. The van der Waals surface area contributed by atoms with E-state index in [1.165, 1.54) is 0 Å². The van der Waals surface area contributed by atoms with Crippen LogP contribution in [0.2, 0.25) is 5.02 Å². The summed E-state index contributed by atoms with van der Waals surface area (Å²) in [6, 6.07) is 7.65. The molecule has 3 aromatic rings. The van der Waals surface area contributed by atoms with E-state index in [0.29, 0.717) is 34.5 Å². The second-order valence-corrected chi connectivity index (χ2v) is 12.1. The SMILES string of the molecule is Cc1ccc(CC(=O)C[C@H](CCC(=O)O)c2noc(-c3cc(C4(CC(C)C)CC4)on3)c2C2CC2)c(Cl)c1. The zero-order chi connectivity index (χ0) is 27.0. The minimum absolute atomic E-state index is 0.00878. The molecular formula is C30H35ClN2O5. The smallest absolute Gasteiger partial charge is 0.303 e. The van der Waals surface area contributed by atoms with Crippen LogP contribution in [0.15, 0.2) is 33.3 Å². The van der Waals surface area contributed by atoms with Crippen molar-refractivity contribution in [3.8, 4) is 11.5 Å². The second-order valence-electron chi connectivity index (χ2n) is 11.7. The molecule has 1 aromatic carbocycles. The highest BCUT2D eigenvalue weighted by Gasteiger charge is 2.48.